The van der Waals surface area contributed by atoms with E-state index in [2.05, 4.69) is 5.32 Å². The molecule has 2 rings (SSSR count). The van der Waals surface area contributed by atoms with Gasteiger partial charge in [-0.15, -0.1) is 0 Å². The van der Waals surface area contributed by atoms with Gasteiger partial charge in [-0.1, -0.05) is 30.3 Å². The summed E-state index contributed by atoms with van der Waals surface area (Å²) in [6, 6.07) is 13.0. The van der Waals surface area contributed by atoms with E-state index >= 15 is 0 Å². The normalized spacial score (nSPS) is 10.9. The number of rotatable bonds is 7. The fourth-order valence-corrected chi connectivity index (χ4v) is 2.77. The Kier molecular flexibility index (Phi) is 5.93. The minimum atomic E-state index is -0.858. The van der Waals surface area contributed by atoms with Crippen LogP contribution >= 0.6 is 0 Å². The molecular weight excluding hydrogens is 330 g/mol. The zero-order valence-electron chi connectivity index (χ0n) is 15.5. The molecule has 0 unspecified atom stereocenters. The molecule has 0 spiro atoms. The molecule has 1 N–H and O–H groups in total. The molecule has 2 aromatic carbocycles. The van der Waals surface area contributed by atoms with Gasteiger partial charge in [0.05, 0.1) is 12.5 Å². The van der Waals surface area contributed by atoms with Crippen LogP contribution in [0.15, 0.2) is 42.5 Å². The Morgan fingerprint density at radius 3 is 2.23 bits per heavy atom. The Labute approximate surface area is 153 Å². The second-order valence-corrected chi connectivity index (χ2v) is 6.84. The van der Waals surface area contributed by atoms with Crippen molar-refractivity contribution in [1.29, 1.82) is 0 Å². The summed E-state index contributed by atoms with van der Waals surface area (Å²) in [5.74, 6) is -0.504. The molecule has 0 aliphatic heterocycles. The van der Waals surface area contributed by atoms with Crippen LogP contribution in [0.1, 0.15) is 36.2 Å². The van der Waals surface area contributed by atoms with Crippen LogP contribution in [0.2, 0.25) is 0 Å². The first-order valence-corrected chi connectivity index (χ1v) is 8.31. The Balaban J connectivity index is 2.18. The third kappa shape index (κ3) is 4.36. The number of ketones is 1. The van der Waals surface area contributed by atoms with Gasteiger partial charge in [0.2, 0.25) is 6.41 Å². The average molecular weight is 353 g/mol. The molecule has 26 heavy (non-hydrogen) atoms. The molecule has 0 aliphatic carbocycles. The lowest BCUT2D eigenvalue weighted by Crippen LogP contribution is -2.28. The van der Waals surface area contributed by atoms with E-state index in [4.69, 9.17) is 4.74 Å². The van der Waals surface area contributed by atoms with Gasteiger partial charge in [-0.05, 0) is 49.6 Å². The highest BCUT2D eigenvalue weighted by Crippen LogP contribution is 2.27. The maximum absolute atomic E-state index is 12.5. The van der Waals surface area contributed by atoms with E-state index in [-0.39, 0.29) is 12.2 Å². The molecule has 1 amide bonds. The highest BCUT2D eigenvalue weighted by molar-refractivity contribution is 5.99. The number of ether oxygens (including phenoxy) is 1. The second kappa shape index (κ2) is 7.95. The van der Waals surface area contributed by atoms with Crippen molar-refractivity contribution >= 4 is 23.9 Å². The van der Waals surface area contributed by atoms with E-state index < -0.39 is 11.4 Å². The Morgan fingerprint density at radius 1 is 1.08 bits per heavy atom. The first-order chi connectivity index (χ1) is 12.3. The van der Waals surface area contributed by atoms with E-state index in [0.29, 0.717) is 12.0 Å². The lowest BCUT2D eigenvalue weighted by Gasteiger charge is -2.20. The van der Waals surface area contributed by atoms with Crippen LogP contribution in [0.3, 0.4) is 0 Å². The number of amides is 1. The number of hydrogen-bond donors (Lipinski definition) is 1. The molecule has 136 valence electrons. The van der Waals surface area contributed by atoms with Crippen LogP contribution in [0.25, 0.3) is 11.1 Å². The number of Topliss-reactive ketones (excluding diaryl/α,β-unsaturated/α-hetero) is 1. The molecule has 0 fully saturated rings. The predicted molar refractivity (Wildman–Crippen MR) is 101 cm³/mol. The van der Waals surface area contributed by atoms with Gasteiger partial charge in [-0.3, -0.25) is 14.4 Å². The van der Waals surface area contributed by atoms with E-state index in [1.165, 1.54) is 7.11 Å². The minimum Gasteiger partial charge on any atom is -0.469 e. The van der Waals surface area contributed by atoms with Crippen molar-refractivity contribution < 1.29 is 19.1 Å². The SMILES string of the molecule is COC(=O)C(C)(C)CC(=O)c1ccc(-c2ccc(NC=O)c(C)c2)cc1. The van der Waals surface area contributed by atoms with Gasteiger partial charge in [0.15, 0.2) is 5.78 Å². The summed E-state index contributed by atoms with van der Waals surface area (Å²) in [5, 5.41) is 2.65. The summed E-state index contributed by atoms with van der Waals surface area (Å²) >= 11 is 0. The zero-order valence-corrected chi connectivity index (χ0v) is 15.5. The summed E-state index contributed by atoms with van der Waals surface area (Å²) in [7, 11) is 1.32. The van der Waals surface area contributed by atoms with Gasteiger partial charge in [0.25, 0.3) is 0 Å². The van der Waals surface area contributed by atoms with Gasteiger partial charge in [-0.2, -0.15) is 0 Å². The highest BCUT2D eigenvalue weighted by Gasteiger charge is 2.31. The van der Waals surface area contributed by atoms with Crippen molar-refractivity contribution in [3.63, 3.8) is 0 Å². The fourth-order valence-electron chi connectivity index (χ4n) is 2.77. The molecular formula is C21H23NO4. The highest BCUT2D eigenvalue weighted by atomic mass is 16.5. The average Bonchev–Trinajstić information content (AvgIpc) is 2.62. The smallest absolute Gasteiger partial charge is 0.311 e. The van der Waals surface area contributed by atoms with Gasteiger partial charge in [0.1, 0.15) is 0 Å². The number of carbonyl (C=O) groups excluding carboxylic acids is 3. The Hall–Kier alpha value is -2.95. The summed E-state index contributed by atoms with van der Waals surface area (Å²) < 4.78 is 4.75. The number of carbonyl (C=O) groups is 3. The summed E-state index contributed by atoms with van der Waals surface area (Å²) in [4.78, 5) is 34.8. The molecule has 5 heteroatoms. The molecule has 0 atom stereocenters. The van der Waals surface area contributed by atoms with Crippen LogP contribution in [0.4, 0.5) is 5.69 Å². The minimum absolute atomic E-state index is 0.0875. The quantitative estimate of drug-likeness (QED) is 0.464. The number of methoxy groups -OCH3 is 1. The molecule has 0 saturated heterocycles. The van der Waals surface area contributed by atoms with Crippen molar-refractivity contribution in [2.75, 3.05) is 12.4 Å². The van der Waals surface area contributed by atoms with E-state index in [0.717, 1.165) is 22.4 Å². The topological polar surface area (TPSA) is 72.5 Å². The van der Waals surface area contributed by atoms with Crippen LogP contribution < -0.4 is 5.32 Å². The van der Waals surface area contributed by atoms with Crippen molar-refractivity contribution in [1.82, 2.24) is 0 Å². The largest absolute Gasteiger partial charge is 0.469 e. The van der Waals surface area contributed by atoms with E-state index in [1.54, 1.807) is 26.0 Å². The lowest BCUT2D eigenvalue weighted by molar-refractivity contribution is -0.150. The molecule has 0 heterocycles. The van der Waals surface area contributed by atoms with Crippen LogP contribution in [-0.2, 0) is 14.3 Å². The van der Waals surface area contributed by atoms with Crippen molar-refractivity contribution in [3.8, 4) is 11.1 Å². The summed E-state index contributed by atoms with van der Waals surface area (Å²) in [5.41, 5.74) is 3.38. The van der Waals surface area contributed by atoms with Gasteiger partial charge in [0, 0.05) is 17.7 Å². The van der Waals surface area contributed by atoms with Crippen LogP contribution in [0, 0.1) is 12.3 Å². The number of benzene rings is 2. The molecule has 0 bridgehead atoms. The standard InChI is InChI=1S/C21H23NO4/c1-14-11-17(9-10-18(14)22-13-23)15-5-7-16(8-6-15)19(24)12-21(2,3)20(25)26-4/h5-11,13H,12H2,1-4H3,(H,22,23). The maximum Gasteiger partial charge on any atom is 0.311 e. The third-order valence-corrected chi connectivity index (χ3v) is 4.32. The van der Waals surface area contributed by atoms with Gasteiger partial charge < -0.3 is 10.1 Å². The number of aryl methyl sites for hydroxylation is 1. The maximum atomic E-state index is 12.5. The number of esters is 1. The lowest BCUT2D eigenvalue weighted by atomic mass is 9.85. The molecule has 5 nitrogen and oxygen atoms in total. The number of anilines is 1. The molecule has 0 saturated carbocycles. The first-order valence-electron chi connectivity index (χ1n) is 8.31. The van der Waals surface area contributed by atoms with Crippen molar-refractivity contribution in [3.05, 3.63) is 53.6 Å². The zero-order chi connectivity index (χ0) is 19.3. The monoisotopic (exact) mass is 353 g/mol. The summed E-state index contributed by atoms with van der Waals surface area (Å²) in [6.07, 6.45) is 0.739. The van der Waals surface area contributed by atoms with Crippen LogP contribution in [-0.4, -0.2) is 25.3 Å². The third-order valence-electron chi connectivity index (χ3n) is 4.32. The molecule has 0 aliphatic rings. The van der Waals surface area contributed by atoms with E-state index in [9.17, 15) is 14.4 Å². The van der Waals surface area contributed by atoms with Gasteiger partial charge >= 0.3 is 5.97 Å². The predicted octanol–water partition coefficient (Wildman–Crippen LogP) is 4.00. The number of nitrogens with one attached hydrogen (secondary N) is 1. The van der Waals surface area contributed by atoms with E-state index in [1.807, 2.05) is 37.3 Å². The fraction of sp³-hybridized carbons (Fsp3) is 0.286. The first kappa shape index (κ1) is 19.4. The van der Waals surface area contributed by atoms with Crippen molar-refractivity contribution in [2.24, 2.45) is 5.41 Å². The van der Waals surface area contributed by atoms with Gasteiger partial charge in [-0.25, -0.2) is 0 Å². The molecule has 2 aromatic rings. The summed E-state index contributed by atoms with van der Waals surface area (Å²) in [6.45, 7) is 5.31. The van der Waals surface area contributed by atoms with Crippen LogP contribution in [0.5, 0.6) is 0 Å². The Morgan fingerprint density at radius 2 is 1.69 bits per heavy atom. The Bertz CT molecular complexity index is 822. The molecule has 0 aromatic heterocycles. The second-order valence-electron chi connectivity index (χ2n) is 6.84. The van der Waals surface area contributed by atoms with Crippen molar-refractivity contribution in [2.45, 2.75) is 27.2 Å². The molecule has 0 radical (unpaired) electrons. The number of hydrogen-bond acceptors (Lipinski definition) is 4.